The molecule has 0 spiro atoms. The molecule has 2 atom stereocenters. The molecule has 2 heterocycles. The smallest absolute Gasteiger partial charge is 0.271 e. The highest BCUT2D eigenvalue weighted by Gasteiger charge is 2.21. The molecule has 6 heteroatoms. The Balaban J connectivity index is 0.00000180. The van der Waals surface area contributed by atoms with E-state index in [0.29, 0.717) is 17.7 Å². The molecule has 2 rings (SSSR count). The van der Waals surface area contributed by atoms with Crippen molar-refractivity contribution in [3.05, 3.63) is 17.5 Å². The topological polar surface area (TPSA) is 69.8 Å². The Hall–Kier alpha value is -1.07. The van der Waals surface area contributed by atoms with Gasteiger partial charge in [-0.3, -0.25) is 9.89 Å². The van der Waals surface area contributed by atoms with Crippen LogP contribution in [0.25, 0.3) is 0 Å². The summed E-state index contributed by atoms with van der Waals surface area (Å²) < 4.78 is 0. The van der Waals surface area contributed by atoms with Crippen LogP contribution >= 0.6 is 12.4 Å². The van der Waals surface area contributed by atoms with Gasteiger partial charge in [0.05, 0.1) is 0 Å². The first-order chi connectivity index (χ1) is 8.56. The van der Waals surface area contributed by atoms with Crippen molar-refractivity contribution < 1.29 is 4.79 Å². The quantitative estimate of drug-likeness (QED) is 0.794. The van der Waals surface area contributed by atoms with Gasteiger partial charge in [0.15, 0.2) is 0 Å². The van der Waals surface area contributed by atoms with Gasteiger partial charge in [-0.05, 0) is 38.3 Å². The molecule has 19 heavy (non-hydrogen) atoms. The molecule has 1 amide bonds. The molecule has 0 radical (unpaired) electrons. The molecular weight excluding hydrogens is 264 g/mol. The lowest BCUT2D eigenvalue weighted by atomic mass is 10.0. The average Bonchev–Trinajstić information content (AvgIpc) is 2.78. The van der Waals surface area contributed by atoms with Crippen LogP contribution in [0.1, 0.15) is 55.7 Å². The van der Waals surface area contributed by atoms with E-state index in [4.69, 9.17) is 0 Å². The third-order valence-corrected chi connectivity index (χ3v) is 3.41. The Morgan fingerprint density at radius 3 is 2.84 bits per heavy atom. The summed E-state index contributed by atoms with van der Waals surface area (Å²) in [6, 6.07) is 2.56. The first-order valence-electron chi connectivity index (χ1n) is 6.66. The van der Waals surface area contributed by atoms with Crippen LogP contribution in [0.2, 0.25) is 0 Å². The minimum absolute atomic E-state index is 0. The van der Waals surface area contributed by atoms with Crippen molar-refractivity contribution in [1.82, 2.24) is 20.8 Å². The van der Waals surface area contributed by atoms with Crippen LogP contribution in [-0.4, -0.2) is 34.7 Å². The van der Waals surface area contributed by atoms with Crippen molar-refractivity contribution in [2.45, 2.75) is 51.6 Å². The molecule has 0 saturated carbocycles. The molecule has 1 aromatic heterocycles. The van der Waals surface area contributed by atoms with Crippen LogP contribution < -0.4 is 10.6 Å². The van der Waals surface area contributed by atoms with E-state index in [1.807, 2.05) is 6.07 Å². The van der Waals surface area contributed by atoms with Gasteiger partial charge >= 0.3 is 0 Å². The predicted molar refractivity (Wildman–Crippen MR) is 77.9 cm³/mol. The highest BCUT2D eigenvalue weighted by Crippen LogP contribution is 2.13. The first-order valence-corrected chi connectivity index (χ1v) is 6.66. The van der Waals surface area contributed by atoms with Crippen LogP contribution in [0.4, 0.5) is 0 Å². The van der Waals surface area contributed by atoms with E-state index in [1.54, 1.807) is 0 Å². The molecule has 0 aromatic carbocycles. The number of hydrogen-bond acceptors (Lipinski definition) is 3. The van der Waals surface area contributed by atoms with Crippen LogP contribution in [-0.2, 0) is 0 Å². The molecule has 1 aliphatic heterocycles. The van der Waals surface area contributed by atoms with Gasteiger partial charge in [0.25, 0.3) is 5.91 Å². The number of piperidine rings is 1. The Kier molecular flexibility index (Phi) is 5.82. The van der Waals surface area contributed by atoms with Gasteiger partial charge in [0.2, 0.25) is 0 Å². The summed E-state index contributed by atoms with van der Waals surface area (Å²) in [5.41, 5.74) is 1.49. The molecule has 5 nitrogen and oxygen atoms in total. The van der Waals surface area contributed by atoms with Crippen LogP contribution in [0, 0.1) is 0 Å². The summed E-state index contributed by atoms with van der Waals surface area (Å²) >= 11 is 0. The van der Waals surface area contributed by atoms with Crippen molar-refractivity contribution in [3.63, 3.8) is 0 Å². The van der Waals surface area contributed by atoms with Crippen LogP contribution in [0.3, 0.4) is 0 Å². The lowest BCUT2D eigenvalue weighted by Crippen LogP contribution is -2.46. The number of H-pyrrole nitrogens is 1. The van der Waals surface area contributed by atoms with E-state index in [-0.39, 0.29) is 24.4 Å². The Morgan fingerprint density at radius 2 is 2.26 bits per heavy atom. The summed E-state index contributed by atoms with van der Waals surface area (Å²) in [5, 5.41) is 13.4. The highest BCUT2D eigenvalue weighted by molar-refractivity contribution is 5.92. The monoisotopic (exact) mass is 286 g/mol. The largest absolute Gasteiger partial charge is 0.348 e. The molecule has 108 valence electrons. The van der Waals surface area contributed by atoms with E-state index in [1.165, 1.54) is 0 Å². The SMILES string of the molecule is CC1CC(NC(=O)c2cc(C(C)C)[nH]n2)CCN1.Cl. The zero-order valence-electron chi connectivity index (χ0n) is 11.7. The Bertz CT molecular complexity index is 419. The molecule has 0 bridgehead atoms. The van der Waals surface area contributed by atoms with Crippen molar-refractivity contribution >= 4 is 18.3 Å². The van der Waals surface area contributed by atoms with Gasteiger partial charge in [-0.25, -0.2) is 0 Å². The maximum absolute atomic E-state index is 12.0. The fourth-order valence-electron chi connectivity index (χ4n) is 2.27. The molecule has 1 saturated heterocycles. The summed E-state index contributed by atoms with van der Waals surface area (Å²) in [7, 11) is 0. The normalized spacial score (nSPS) is 22.9. The zero-order chi connectivity index (χ0) is 13.1. The minimum atomic E-state index is -0.0720. The van der Waals surface area contributed by atoms with E-state index >= 15 is 0 Å². The Morgan fingerprint density at radius 1 is 1.53 bits per heavy atom. The Labute approximate surface area is 120 Å². The average molecular weight is 287 g/mol. The minimum Gasteiger partial charge on any atom is -0.348 e. The lowest BCUT2D eigenvalue weighted by molar-refractivity contribution is 0.0920. The summed E-state index contributed by atoms with van der Waals surface area (Å²) in [6.45, 7) is 7.25. The number of halogens is 1. The second kappa shape index (κ2) is 6.91. The van der Waals surface area contributed by atoms with Gasteiger partial charge in [0.1, 0.15) is 5.69 Å². The number of carbonyl (C=O) groups excluding carboxylic acids is 1. The number of nitrogens with zero attached hydrogens (tertiary/aromatic N) is 1. The third kappa shape index (κ3) is 4.21. The van der Waals surface area contributed by atoms with Gasteiger partial charge in [0, 0.05) is 17.8 Å². The molecule has 1 aromatic rings. The summed E-state index contributed by atoms with van der Waals surface area (Å²) in [4.78, 5) is 12.0. The van der Waals surface area contributed by atoms with E-state index in [9.17, 15) is 4.79 Å². The lowest BCUT2D eigenvalue weighted by Gasteiger charge is -2.28. The van der Waals surface area contributed by atoms with E-state index in [2.05, 4.69) is 41.6 Å². The number of aromatic amines is 1. The van der Waals surface area contributed by atoms with Crippen LogP contribution in [0.15, 0.2) is 6.07 Å². The molecule has 1 fully saturated rings. The number of nitrogens with one attached hydrogen (secondary N) is 3. The molecule has 3 N–H and O–H groups in total. The van der Waals surface area contributed by atoms with Gasteiger partial charge < -0.3 is 10.6 Å². The molecule has 0 aliphatic carbocycles. The maximum Gasteiger partial charge on any atom is 0.271 e. The second-order valence-electron chi connectivity index (χ2n) is 5.41. The first kappa shape index (κ1) is 16.0. The molecular formula is C13H23ClN4O. The van der Waals surface area contributed by atoms with E-state index in [0.717, 1.165) is 25.1 Å². The molecule has 1 aliphatic rings. The van der Waals surface area contributed by atoms with Crippen LogP contribution in [0.5, 0.6) is 0 Å². The summed E-state index contributed by atoms with van der Waals surface area (Å²) in [6.07, 6.45) is 1.96. The molecule has 2 unspecified atom stereocenters. The standard InChI is InChI=1S/C13H22N4O.ClH/c1-8(2)11-7-12(17-16-11)13(18)15-10-4-5-14-9(3)6-10;/h7-10,14H,4-6H2,1-3H3,(H,15,18)(H,16,17);1H. The number of amides is 1. The maximum atomic E-state index is 12.0. The number of rotatable bonds is 3. The number of hydrogen-bond donors (Lipinski definition) is 3. The predicted octanol–water partition coefficient (Wildman–Crippen LogP) is 1.83. The van der Waals surface area contributed by atoms with Crippen molar-refractivity contribution in [2.75, 3.05) is 6.54 Å². The van der Waals surface area contributed by atoms with Crippen molar-refractivity contribution in [2.24, 2.45) is 0 Å². The highest BCUT2D eigenvalue weighted by atomic mass is 35.5. The second-order valence-corrected chi connectivity index (χ2v) is 5.41. The van der Waals surface area contributed by atoms with Gasteiger partial charge in [-0.15, -0.1) is 12.4 Å². The van der Waals surface area contributed by atoms with Gasteiger partial charge in [-0.1, -0.05) is 13.8 Å². The fourth-order valence-corrected chi connectivity index (χ4v) is 2.27. The fraction of sp³-hybridized carbons (Fsp3) is 0.692. The third-order valence-electron chi connectivity index (χ3n) is 3.41. The zero-order valence-corrected chi connectivity index (χ0v) is 12.5. The van der Waals surface area contributed by atoms with Crippen molar-refractivity contribution in [1.29, 1.82) is 0 Å². The number of aromatic nitrogens is 2. The number of carbonyl (C=O) groups is 1. The van der Waals surface area contributed by atoms with E-state index < -0.39 is 0 Å². The van der Waals surface area contributed by atoms with Crippen molar-refractivity contribution in [3.8, 4) is 0 Å². The van der Waals surface area contributed by atoms with Gasteiger partial charge in [-0.2, -0.15) is 5.10 Å². The summed E-state index contributed by atoms with van der Waals surface area (Å²) in [5.74, 6) is 0.287.